The lowest BCUT2D eigenvalue weighted by Crippen LogP contribution is -2.30. The van der Waals surface area contributed by atoms with Gasteiger partial charge in [-0.1, -0.05) is 0 Å². The summed E-state index contributed by atoms with van der Waals surface area (Å²) in [5, 5.41) is 2.72. The SMILES string of the molecule is COc1ccc(S(=O)(=O)NCCC(=O)NCc2ccnc(OC)c2)cc1. The van der Waals surface area contributed by atoms with E-state index in [-0.39, 0.29) is 23.8 Å². The van der Waals surface area contributed by atoms with Crippen LogP contribution in [-0.4, -0.2) is 40.1 Å². The molecule has 1 aromatic carbocycles. The van der Waals surface area contributed by atoms with Gasteiger partial charge in [0.1, 0.15) is 5.75 Å². The molecule has 1 heterocycles. The van der Waals surface area contributed by atoms with Gasteiger partial charge in [0.25, 0.3) is 0 Å². The lowest BCUT2D eigenvalue weighted by Gasteiger charge is -2.09. The number of sulfonamides is 1. The molecule has 0 atom stereocenters. The lowest BCUT2D eigenvalue weighted by molar-refractivity contribution is -0.121. The van der Waals surface area contributed by atoms with Gasteiger partial charge in [-0.25, -0.2) is 18.1 Å². The summed E-state index contributed by atoms with van der Waals surface area (Å²) in [6.45, 7) is 0.308. The first kappa shape index (κ1) is 19.7. The summed E-state index contributed by atoms with van der Waals surface area (Å²) in [4.78, 5) is 16.0. The molecule has 9 heteroatoms. The number of nitrogens with zero attached hydrogens (tertiary/aromatic N) is 1. The van der Waals surface area contributed by atoms with E-state index in [4.69, 9.17) is 9.47 Å². The molecule has 0 aliphatic heterocycles. The van der Waals surface area contributed by atoms with Crippen molar-refractivity contribution in [3.63, 3.8) is 0 Å². The largest absolute Gasteiger partial charge is 0.497 e. The number of aromatic nitrogens is 1. The summed E-state index contributed by atoms with van der Waals surface area (Å²) >= 11 is 0. The van der Waals surface area contributed by atoms with E-state index in [1.165, 1.54) is 26.4 Å². The number of pyridine rings is 1. The highest BCUT2D eigenvalue weighted by Gasteiger charge is 2.14. The van der Waals surface area contributed by atoms with Gasteiger partial charge in [0.15, 0.2) is 0 Å². The molecular weight excluding hydrogens is 358 g/mol. The van der Waals surface area contributed by atoms with Crippen LogP contribution in [0.5, 0.6) is 11.6 Å². The van der Waals surface area contributed by atoms with Gasteiger partial charge in [0.05, 0.1) is 19.1 Å². The van der Waals surface area contributed by atoms with Crippen molar-refractivity contribution < 1.29 is 22.7 Å². The Kier molecular flexibility index (Phi) is 6.93. The lowest BCUT2D eigenvalue weighted by atomic mass is 10.2. The predicted octanol–water partition coefficient (Wildman–Crippen LogP) is 1.08. The Morgan fingerprint density at radius 2 is 1.85 bits per heavy atom. The first-order valence-electron chi connectivity index (χ1n) is 7.84. The van der Waals surface area contributed by atoms with Gasteiger partial charge in [-0.05, 0) is 35.9 Å². The highest BCUT2D eigenvalue weighted by Crippen LogP contribution is 2.15. The maximum absolute atomic E-state index is 12.2. The fraction of sp³-hybridized carbons (Fsp3) is 0.294. The molecular formula is C17H21N3O5S. The third-order valence-electron chi connectivity index (χ3n) is 3.51. The van der Waals surface area contributed by atoms with Gasteiger partial charge in [-0.2, -0.15) is 0 Å². The highest BCUT2D eigenvalue weighted by molar-refractivity contribution is 7.89. The van der Waals surface area contributed by atoms with Crippen LogP contribution in [-0.2, 0) is 21.4 Å². The zero-order chi connectivity index (χ0) is 19.0. The first-order valence-corrected chi connectivity index (χ1v) is 9.32. The summed E-state index contributed by atoms with van der Waals surface area (Å²) in [5.41, 5.74) is 0.837. The molecule has 2 aromatic rings. The average molecular weight is 379 g/mol. The van der Waals surface area contributed by atoms with Crippen molar-refractivity contribution in [2.24, 2.45) is 0 Å². The van der Waals surface area contributed by atoms with Crippen LogP contribution in [0, 0.1) is 0 Å². The van der Waals surface area contributed by atoms with E-state index < -0.39 is 10.0 Å². The molecule has 1 aromatic heterocycles. The van der Waals surface area contributed by atoms with Crippen molar-refractivity contribution in [3.05, 3.63) is 48.2 Å². The molecule has 0 aliphatic rings. The van der Waals surface area contributed by atoms with Gasteiger partial charge in [-0.3, -0.25) is 4.79 Å². The number of carbonyl (C=O) groups excluding carboxylic acids is 1. The van der Waals surface area contributed by atoms with Gasteiger partial charge >= 0.3 is 0 Å². The summed E-state index contributed by atoms with van der Waals surface area (Å²) in [7, 11) is -0.651. The van der Waals surface area contributed by atoms with E-state index >= 15 is 0 Å². The quantitative estimate of drug-likeness (QED) is 0.675. The Morgan fingerprint density at radius 3 is 2.50 bits per heavy atom. The summed E-state index contributed by atoms with van der Waals surface area (Å²) < 4.78 is 36.7. The maximum atomic E-state index is 12.2. The topological polar surface area (TPSA) is 107 Å². The number of rotatable bonds is 9. The molecule has 0 saturated heterocycles. The zero-order valence-corrected chi connectivity index (χ0v) is 15.4. The van der Waals surface area contributed by atoms with Crippen molar-refractivity contribution in [2.75, 3.05) is 20.8 Å². The first-order chi connectivity index (χ1) is 12.4. The Balaban J connectivity index is 1.79. The second-order valence-corrected chi connectivity index (χ2v) is 7.07. The monoisotopic (exact) mass is 379 g/mol. The van der Waals surface area contributed by atoms with E-state index in [9.17, 15) is 13.2 Å². The molecule has 26 heavy (non-hydrogen) atoms. The highest BCUT2D eigenvalue weighted by atomic mass is 32.2. The Bertz CT molecular complexity index is 838. The predicted molar refractivity (Wildman–Crippen MR) is 95.4 cm³/mol. The van der Waals surface area contributed by atoms with Gasteiger partial charge in [0.2, 0.25) is 21.8 Å². The maximum Gasteiger partial charge on any atom is 0.240 e. The number of benzene rings is 1. The minimum Gasteiger partial charge on any atom is -0.497 e. The van der Waals surface area contributed by atoms with Gasteiger partial charge < -0.3 is 14.8 Å². The fourth-order valence-electron chi connectivity index (χ4n) is 2.10. The van der Waals surface area contributed by atoms with Crippen molar-refractivity contribution in [1.29, 1.82) is 0 Å². The molecule has 1 amide bonds. The zero-order valence-electron chi connectivity index (χ0n) is 14.6. The standard InChI is InChI=1S/C17H21N3O5S/c1-24-14-3-5-15(6-4-14)26(22,23)20-10-8-16(21)19-12-13-7-9-18-17(11-13)25-2/h3-7,9,11,20H,8,10,12H2,1-2H3,(H,19,21). The second kappa shape index (κ2) is 9.16. The summed E-state index contributed by atoms with van der Waals surface area (Å²) in [6, 6.07) is 9.48. The van der Waals surface area contributed by atoms with E-state index in [2.05, 4.69) is 15.0 Å². The van der Waals surface area contributed by atoms with Crippen LogP contribution in [0.1, 0.15) is 12.0 Å². The van der Waals surface area contributed by atoms with E-state index in [0.717, 1.165) is 5.56 Å². The Hall–Kier alpha value is -2.65. The van der Waals surface area contributed by atoms with Crippen LogP contribution in [0.4, 0.5) is 0 Å². The van der Waals surface area contributed by atoms with Crippen molar-refractivity contribution >= 4 is 15.9 Å². The number of carbonyl (C=O) groups is 1. The molecule has 140 valence electrons. The molecule has 0 radical (unpaired) electrons. The van der Waals surface area contributed by atoms with Crippen LogP contribution in [0.3, 0.4) is 0 Å². The van der Waals surface area contributed by atoms with Crippen LogP contribution in [0.2, 0.25) is 0 Å². The van der Waals surface area contributed by atoms with Crippen LogP contribution < -0.4 is 19.5 Å². The van der Waals surface area contributed by atoms with E-state index in [1.54, 1.807) is 30.5 Å². The van der Waals surface area contributed by atoms with Crippen LogP contribution in [0.15, 0.2) is 47.5 Å². The minimum atomic E-state index is -3.67. The number of amides is 1. The number of hydrogen-bond acceptors (Lipinski definition) is 6. The van der Waals surface area contributed by atoms with Crippen LogP contribution >= 0.6 is 0 Å². The molecule has 0 unspecified atom stereocenters. The normalized spacial score (nSPS) is 11.0. The Morgan fingerprint density at radius 1 is 1.12 bits per heavy atom. The molecule has 0 spiro atoms. The summed E-state index contributed by atoms with van der Waals surface area (Å²) in [6.07, 6.45) is 1.61. The third kappa shape index (κ3) is 5.71. The number of ether oxygens (including phenoxy) is 2. The second-order valence-electron chi connectivity index (χ2n) is 5.31. The minimum absolute atomic E-state index is 0.000137. The van der Waals surface area contributed by atoms with Gasteiger partial charge in [0, 0.05) is 31.8 Å². The fourth-order valence-corrected chi connectivity index (χ4v) is 3.13. The molecule has 8 nitrogen and oxygen atoms in total. The van der Waals surface area contributed by atoms with Crippen molar-refractivity contribution in [2.45, 2.75) is 17.9 Å². The van der Waals surface area contributed by atoms with Crippen molar-refractivity contribution in [3.8, 4) is 11.6 Å². The molecule has 2 N–H and O–H groups in total. The molecule has 0 aliphatic carbocycles. The number of methoxy groups -OCH3 is 2. The molecule has 0 fully saturated rings. The molecule has 2 rings (SSSR count). The number of nitrogens with one attached hydrogen (secondary N) is 2. The molecule has 0 saturated carbocycles. The van der Waals surface area contributed by atoms with Gasteiger partial charge in [-0.15, -0.1) is 0 Å². The van der Waals surface area contributed by atoms with Crippen LogP contribution in [0.25, 0.3) is 0 Å². The molecule has 0 bridgehead atoms. The summed E-state index contributed by atoms with van der Waals surface area (Å²) in [5.74, 6) is 0.762. The smallest absolute Gasteiger partial charge is 0.240 e. The Labute approximate surface area is 152 Å². The van der Waals surface area contributed by atoms with E-state index in [0.29, 0.717) is 18.2 Å². The van der Waals surface area contributed by atoms with Crippen molar-refractivity contribution in [1.82, 2.24) is 15.0 Å². The number of hydrogen-bond donors (Lipinski definition) is 2. The average Bonchev–Trinajstić information content (AvgIpc) is 2.66. The third-order valence-corrected chi connectivity index (χ3v) is 4.99. The van der Waals surface area contributed by atoms with E-state index in [1.807, 2.05) is 0 Å².